The van der Waals surface area contributed by atoms with Crippen molar-refractivity contribution in [3.63, 3.8) is 0 Å². The monoisotopic (exact) mass is 426 g/mol. The topological polar surface area (TPSA) is 34.1 Å². The molecule has 2 nitrogen and oxygen atoms in total. The Morgan fingerprint density at radius 2 is 1.64 bits per heavy atom. The maximum atomic E-state index is 13.1. The highest BCUT2D eigenvalue weighted by molar-refractivity contribution is 9.10. The van der Waals surface area contributed by atoms with E-state index in [1.807, 2.05) is 30.3 Å². The molecule has 0 N–H and O–H groups in total. The molecule has 5 heteroatoms. The lowest BCUT2D eigenvalue weighted by Gasteiger charge is -2.03. The van der Waals surface area contributed by atoms with Crippen LogP contribution in [0.3, 0.4) is 0 Å². The second-order valence-electron chi connectivity index (χ2n) is 5.90. The third-order valence-corrected chi connectivity index (χ3v) is 6.72. The molecule has 0 amide bonds. The van der Waals surface area contributed by atoms with Crippen molar-refractivity contribution < 1.29 is 4.79 Å². The first-order chi connectivity index (χ1) is 12.1. The van der Waals surface area contributed by atoms with E-state index < -0.39 is 0 Å². The van der Waals surface area contributed by atoms with E-state index in [0.717, 1.165) is 25.5 Å². The van der Waals surface area contributed by atoms with Gasteiger partial charge in [-0.15, -0.1) is 0 Å². The van der Waals surface area contributed by atoms with Gasteiger partial charge in [-0.3, -0.25) is 9.59 Å². The summed E-state index contributed by atoms with van der Waals surface area (Å²) in [6.45, 7) is 0. The van der Waals surface area contributed by atoms with Crippen LogP contribution in [0.2, 0.25) is 5.02 Å². The first-order valence-electron chi connectivity index (χ1n) is 7.59. The smallest absolute Gasteiger partial charge is 0.201 e. The van der Waals surface area contributed by atoms with E-state index in [1.54, 1.807) is 18.2 Å². The summed E-state index contributed by atoms with van der Waals surface area (Å²) in [5.41, 5.74) is 0.545. The van der Waals surface area contributed by atoms with Crippen LogP contribution < -0.4 is 10.6 Å². The zero-order valence-corrected chi connectivity index (χ0v) is 15.8. The molecule has 0 saturated heterocycles. The molecule has 120 valence electrons. The van der Waals surface area contributed by atoms with Crippen LogP contribution in [0.25, 0.3) is 26.5 Å². The van der Waals surface area contributed by atoms with E-state index in [0.29, 0.717) is 26.1 Å². The van der Waals surface area contributed by atoms with Crippen molar-refractivity contribution in [2.24, 2.45) is 0 Å². The van der Waals surface area contributed by atoms with E-state index in [1.165, 1.54) is 11.8 Å². The van der Waals surface area contributed by atoms with Gasteiger partial charge in [-0.05, 0) is 35.7 Å². The number of Topliss-reactive ketones (excluding diaryl/α,β-unsaturated/α-hetero) is 1. The number of carbonyl (C=O) groups is 1. The maximum absolute atomic E-state index is 13.1. The molecule has 0 saturated carbocycles. The molecule has 5 rings (SSSR count). The molecule has 0 unspecified atom stereocenters. The fourth-order valence-corrected chi connectivity index (χ4v) is 5.54. The fourth-order valence-electron chi connectivity index (χ4n) is 3.48. The van der Waals surface area contributed by atoms with Crippen LogP contribution in [0.4, 0.5) is 0 Å². The Hall–Kier alpha value is -1.88. The number of hydrogen-bond donors (Lipinski definition) is 0. The molecule has 25 heavy (non-hydrogen) atoms. The van der Waals surface area contributed by atoms with Gasteiger partial charge in [-0.1, -0.05) is 57.5 Å². The molecule has 1 heterocycles. The Balaban J connectivity index is 2.01. The molecule has 0 fully saturated rings. The van der Waals surface area contributed by atoms with Gasteiger partial charge in [-0.25, -0.2) is 0 Å². The molecular weight excluding hydrogens is 420 g/mol. The van der Waals surface area contributed by atoms with E-state index in [9.17, 15) is 9.59 Å². The summed E-state index contributed by atoms with van der Waals surface area (Å²) in [4.78, 5) is 27.4. The number of carbonyl (C=O) groups excluding carboxylic acids is 1. The molecule has 0 bridgehead atoms. The van der Waals surface area contributed by atoms with Crippen molar-refractivity contribution in [3.8, 4) is 0 Å². The van der Waals surface area contributed by atoms with Gasteiger partial charge in [0, 0.05) is 41.3 Å². The van der Waals surface area contributed by atoms with Crippen molar-refractivity contribution in [2.45, 2.75) is 4.90 Å². The van der Waals surface area contributed by atoms with Crippen molar-refractivity contribution in [3.05, 3.63) is 79.0 Å². The van der Waals surface area contributed by atoms with Crippen LogP contribution in [-0.2, 0) is 0 Å². The number of benzene rings is 3. The van der Waals surface area contributed by atoms with Crippen LogP contribution in [0, 0.1) is 0 Å². The number of thioether (sulfide) groups is 1. The van der Waals surface area contributed by atoms with Crippen molar-refractivity contribution in [1.29, 1.82) is 0 Å². The fraction of sp³-hybridized carbons (Fsp3) is 0. The van der Waals surface area contributed by atoms with Gasteiger partial charge in [0.25, 0.3) is 0 Å². The molecule has 0 atom stereocenters. The van der Waals surface area contributed by atoms with Gasteiger partial charge in [0.05, 0.1) is 4.91 Å². The minimum Gasteiger partial charge on any atom is -0.289 e. The molecule has 0 aromatic heterocycles. The van der Waals surface area contributed by atoms with Crippen LogP contribution in [-0.4, -0.2) is 5.78 Å². The summed E-state index contributed by atoms with van der Waals surface area (Å²) >= 11 is 11.3. The normalized spacial score (nSPS) is 16.2. The highest BCUT2D eigenvalue weighted by Crippen LogP contribution is 2.41. The minimum absolute atomic E-state index is 0.0843. The molecule has 0 aliphatic carbocycles. The maximum Gasteiger partial charge on any atom is 0.201 e. The van der Waals surface area contributed by atoms with Gasteiger partial charge >= 0.3 is 0 Å². The van der Waals surface area contributed by atoms with Gasteiger partial charge in [0.15, 0.2) is 5.43 Å². The standard InChI is InChI=1S/C20H8BrClO2S/c21-12-7-5-10-15-11(6-8-13(22)17(12)15)18(23)16(10)20-19(24)9-3-1-2-4-14(9)25-20/h1-8H/b20-16-. The van der Waals surface area contributed by atoms with E-state index >= 15 is 0 Å². The average molecular weight is 428 g/mol. The van der Waals surface area contributed by atoms with E-state index in [2.05, 4.69) is 15.9 Å². The Morgan fingerprint density at radius 1 is 0.880 bits per heavy atom. The quantitative estimate of drug-likeness (QED) is 0.395. The first kappa shape index (κ1) is 15.4. The molecule has 0 radical (unpaired) electrons. The van der Waals surface area contributed by atoms with Crippen LogP contribution in [0.1, 0.15) is 10.4 Å². The third kappa shape index (κ3) is 1.99. The summed E-state index contributed by atoms with van der Waals surface area (Å²) < 4.78 is 0.839. The van der Waals surface area contributed by atoms with Gasteiger partial charge in [0.1, 0.15) is 0 Å². The number of halogens is 2. The van der Waals surface area contributed by atoms with E-state index in [-0.39, 0.29) is 11.2 Å². The van der Waals surface area contributed by atoms with Crippen molar-refractivity contribution in [2.75, 3.05) is 0 Å². The van der Waals surface area contributed by atoms with E-state index in [4.69, 9.17) is 11.6 Å². The van der Waals surface area contributed by atoms with Crippen LogP contribution >= 0.6 is 39.3 Å². The molecule has 4 aromatic rings. The Labute approximate surface area is 159 Å². The number of ketones is 1. The third-order valence-electron chi connectivity index (χ3n) is 4.58. The number of rotatable bonds is 0. The second-order valence-corrected chi connectivity index (χ2v) is 8.21. The predicted molar refractivity (Wildman–Crippen MR) is 107 cm³/mol. The lowest BCUT2D eigenvalue weighted by molar-refractivity contribution is 0.105. The summed E-state index contributed by atoms with van der Waals surface area (Å²) in [6, 6.07) is 14.7. The first-order valence-corrected chi connectivity index (χ1v) is 9.58. The zero-order valence-electron chi connectivity index (χ0n) is 12.6. The largest absolute Gasteiger partial charge is 0.289 e. The zero-order chi connectivity index (χ0) is 17.3. The second kappa shape index (κ2) is 5.31. The number of fused-ring (bicyclic) bond motifs is 1. The molecule has 4 aromatic carbocycles. The Morgan fingerprint density at radius 3 is 2.44 bits per heavy atom. The van der Waals surface area contributed by atoms with Gasteiger partial charge in [0.2, 0.25) is 5.78 Å². The average Bonchev–Trinajstić information content (AvgIpc) is 3.08. The summed E-state index contributed by atoms with van der Waals surface area (Å²) in [7, 11) is 0. The van der Waals surface area contributed by atoms with Crippen LogP contribution in [0.15, 0.2) is 62.7 Å². The molecule has 1 aliphatic heterocycles. The lowest BCUT2D eigenvalue weighted by Crippen LogP contribution is -2.23. The number of hydrogen-bond acceptors (Lipinski definition) is 3. The van der Waals surface area contributed by atoms with Gasteiger partial charge < -0.3 is 0 Å². The summed E-state index contributed by atoms with van der Waals surface area (Å²) in [5, 5.41) is 4.08. The predicted octanol–water partition coefficient (Wildman–Crippen LogP) is 5.02. The summed E-state index contributed by atoms with van der Waals surface area (Å²) in [5.74, 6) is -0.0843. The Bertz CT molecular complexity index is 1320. The molecular formula is C20H8BrClO2S. The SMILES string of the molecule is O=C1/C(=c2/c(=O)c3ccc(Cl)c4c(Br)ccc2c43)Sc2ccccc21. The minimum atomic E-state index is -0.113. The highest BCUT2D eigenvalue weighted by Gasteiger charge is 2.28. The van der Waals surface area contributed by atoms with Crippen LogP contribution in [0.5, 0.6) is 0 Å². The van der Waals surface area contributed by atoms with Crippen molar-refractivity contribution >= 4 is 71.5 Å². The molecule has 0 spiro atoms. The van der Waals surface area contributed by atoms with Gasteiger partial charge in [-0.2, -0.15) is 0 Å². The molecule has 1 aliphatic rings. The Kier molecular flexibility index (Phi) is 3.26. The van der Waals surface area contributed by atoms with Crippen molar-refractivity contribution in [1.82, 2.24) is 0 Å². The lowest BCUT2D eigenvalue weighted by atomic mass is 10.1. The highest BCUT2D eigenvalue weighted by atomic mass is 79.9. The summed E-state index contributed by atoms with van der Waals surface area (Å²) in [6.07, 6.45) is 0.